The van der Waals surface area contributed by atoms with Crippen molar-refractivity contribution in [2.24, 2.45) is 0 Å². The Morgan fingerprint density at radius 1 is 1.11 bits per heavy atom. The van der Waals surface area contributed by atoms with Crippen LogP contribution in [-0.4, -0.2) is 18.1 Å². The SMILES string of the molecule is COC(=O)c1cccc(Nc2cccc(C(F)(F)F)c2-c2ccnc(N)c2)c1. The fourth-order valence-electron chi connectivity index (χ4n) is 2.80. The lowest BCUT2D eigenvalue weighted by molar-refractivity contribution is -0.137. The van der Waals surface area contributed by atoms with E-state index in [4.69, 9.17) is 5.73 Å². The van der Waals surface area contributed by atoms with E-state index < -0.39 is 17.7 Å². The van der Waals surface area contributed by atoms with E-state index in [1.165, 1.54) is 43.6 Å². The molecule has 0 saturated heterocycles. The van der Waals surface area contributed by atoms with Crippen molar-refractivity contribution in [1.82, 2.24) is 4.98 Å². The van der Waals surface area contributed by atoms with Crippen molar-refractivity contribution in [2.45, 2.75) is 6.18 Å². The van der Waals surface area contributed by atoms with E-state index in [-0.39, 0.29) is 28.2 Å². The van der Waals surface area contributed by atoms with Crippen molar-refractivity contribution >= 4 is 23.2 Å². The van der Waals surface area contributed by atoms with Crippen LogP contribution in [0.15, 0.2) is 60.8 Å². The first-order valence-corrected chi connectivity index (χ1v) is 8.17. The molecule has 3 aromatic rings. The average Bonchev–Trinajstić information content (AvgIpc) is 2.66. The van der Waals surface area contributed by atoms with Crippen LogP contribution in [0.25, 0.3) is 11.1 Å². The number of benzene rings is 2. The molecule has 3 N–H and O–H groups in total. The second-order valence-corrected chi connectivity index (χ2v) is 5.89. The highest BCUT2D eigenvalue weighted by atomic mass is 19.4. The second kappa shape index (κ2) is 7.59. The molecule has 0 aliphatic heterocycles. The minimum absolute atomic E-state index is 0.0624. The summed E-state index contributed by atoms with van der Waals surface area (Å²) in [4.78, 5) is 15.5. The number of hydrogen-bond acceptors (Lipinski definition) is 5. The van der Waals surface area contributed by atoms with E-state index in [9.17, 15) is 18.0 Å². The molecule has 28 heavy (non-hydrogen) atoms. The van der Waals surface area contributed by atoms with Gasteiger partial charge in [-0.3, -0.25) is 0 Å². The van der Waals surface area contributed by atoms with Crippen LogP contribution in [-0.2, 0) is 10.9 Å². The summed E-state index contributed by atoms with van der Waals surface area (Å²) in [7, 11) is 1.25. The molecule has 8 heteroatoms. The van der Waals surface area contributed by atoms with Gasteiger partial charge in [0.05, 0.1) is 18.2 Å². The number of ether oxygens (including phenoxy) is 1. The molecule has 0 fully saturated rings. The van der Waals surface area contributed by atoms with Gasteiger partial charge in [-0.15, -0.1) is 0 Å². The van der Waals surface area contributed by atoms with E-state index in [0.29, 0.717) is 5.69 Å². The van der Waals surface area contributed by atoms with Gasteiger partial charge < -0.3 is 15.8 Å². The summed E-state index contributed by atoms with van der Waals surface area (Å²) in [6, 6.07) is 12.9. The first-order valence-electron chi connectivity index (χ1n) is 8.17. The zero-order valence-electron chi connectivity index (χ0n) is 14.7. The van der Waals surface area contributed by atoms with Gasteiger partial charge in [-0.25, -0.2) is 9.78 Å². The number of esters is 1. The van der Waals surface area contributed by atoms with Crippen LogP contribution >= 0.6 is 0 Å². The van der Waals surface area contributed by atoms with Gasteiger partial charge in [-0.2, -0.15) is 13.2 Å². The van der Waals surface area contributed by atoms with Gasteiger partial charge >= 0.3 is 12.1 Å². The van der Waals surface area contributed by atoms with Crippen LogP contribution in [0.5, 0.6) is 0 Å². The Kier molecular flexibility index (Phi) is 5.21. The Hall–Kier alpha value is -3.55. The van der Waals surface area contributed by atoms with Gasteiger partial charge in [0.2, 0.25) is 0 Å². The number of nitrogen functional groups attached to an aromatic ring is 1. The molecule has 0 atom stereocenters. The molecule has 3 rings (SSSR count). The summed E-state index contributed by atoms with van der Waals surface area (Å²) in [6.07, 6.45) is -3.22. The highest BCUT2D eigenvalue weighted by Gasteiger charge is 2.34. The van der Waals surface area contributed by atoms with Crippen molar-refractivity contribution in [3.05, 3.63) is 71.9 Å². The number of anilines is 3. The van der Waals surface area contributed by atoms with Crippen molar-refractivity contribution in [3.8, 4) is 11.1 Å². The predicted molar refractivity (Wildman–Crippen MR) is 100 cm³/mol. The Morgan fingerprint density at radius 3 is 2.54 bits per heavy atom. The standard InChI is InChI=1S/C20H16F3N3O2/c1-28-19(27)13-4-2-5-14(10-13)26-16-7-3-6-15(20(21,22)23)18(16)12-8-9-25-17(24)11-12/h2-11,26H,1H3,(H2,24,25). The molecule has 0 saturated carbocycles. The summed E-state index contributed by atoms with van der Waals surface area (Å²) >= 11 is 0. The van der Waals surface area contributed by atoms with Crippen LogP contribution in [0.2, 0.25) is 0 Å². The van der Waals surface area contributed by atoms with Crippen molar-refractivity contribution in [2.75, 3.05) is 18.2 Å². The maximum Gasteiger partial charge on any atom is 0.417 e. The summed E-state index contributed by atoms with van der Waals surface area (Å²) in [5.74, 6) is -0.442. The molecule has 0 spiro atoms. The van der Waals surface area contributed by atoms with Crippen LogP contribution < -0.4 is 11.1 Å². The normalized spacial score (nSPS) is 11.1. The number of nitrogens with one attached hydrogen (secondary N) is 1. The molecule has 0 bridgehead atoms. The third-order valence-corrected chi connectivity index (χ3v) is 4.00. The van der Waals surface area contributed by atoms with E-state index in [0.717, 1.165) is 6.07 Å². The first kappa shape index (κ1) is 19.2. The Bertz CT molecular complexity index is 1020. The average molecular weight is 387 g/mol. The number of nitrogens with zero attached hydrogens (tertiary/aromatic N) is 1. The fraction of sp³-hybridized carbons (Fsp3) is 0.100. The number of nitrogens with two attached hydrogens (primary N) is 1. The number of alkyl halides is 3. The van der Waals surface area contributed by atoms with Gasteiger partial charge in [0, 0.05) is 23.1 Å². The lowest BCUT2D eigenvalue weighted by Gasteiger charge is -2.19. The number of methoxy groups -OCH3 is 1. The van der Waals surface area contributed by atoms with Crippen molar-refractivity contribution in [1.29, 1.82) is 0 Å². The third-order valence-electron chi connectivity index (χ3n) is 4.00. The summed E-state index contributed by atoms with van der Waals surface area (Å²) in [6.45, 7) is 0. The van der Waals surface area contributed by atoms with Gasteiger partial charge in [0.1, 0.15) is 5.82 Å². The Labute approximate surface area is 159 Å². The maximum absolute atomic E-state index is 13.6. The number of halogens is 3. The lowest BCUT2D eigenvalue weighted by atomic mass is 9.97. The minimum atomic E-state index is -4.57. The van der Waals surface area contributed by atoms with Crippen molar-refractivity contribution in [3.63, 3.8) is 0 Å². The molecule has 0 aliphatic rings. The van der Waals surface area contributed by atoms with Gasteiger partial charge in [0.15, 0.2) is 0 Å². The molecule has 0 radical (unpaired) electrons. The Morgan fingerprint density at radius 2 is 1.86 bits per heavy atom. The number of hydrogen-bond donors (Lipinski definition) is 2. The number of carbonyl (C=O) groups is 1. The molecule has 2 aromatic carbocycles. The first-order chi connectivity index (χ1) is 13.3. The molecule has 5 nitrogen and oxygen atoms in total. The molecular weight excluding hydrogens is 371 g/mol. The number of rotatable bonds is 4. The summed E-state index contributed by atoms with van der Waals surface area (Å²) < 4.78 is 45.6. The maximum atomic E-state index is 13.6. The largest absolute Gasteiger partial charge is 0.465 e. The summed E-state index contributed by atoms with van der Waals surface area (Å²) in [5.41, 5.74) is 5.98. The molecule has 1 heterocycles. The summed E-state index contributed by atoms with van der Waals surface area (Å²) in [5, 5.41) is 2.95. The smallest absolute Gasteiger partial charge is 0.417 e. The quantitative estimate of drug-likeness (QED) is 0.624. The van der Waals surface area contributed by atoms with Crippen LogP contribution in [0, 0.1) is 0 Å². The van der Waals surface area contributed by atoms with Crippen LogP contribution in [0.1, 0.15) is 15.9 Å². The van der Waals surface area contributed by atoms with E-state index >= 15 is 0 Å². The lowest BCUT2D eigenvalue weighted by Crippen LogP contribution is -2.09. The second-order valence-electron chi connectivity index (χ2n) is 5.89. The monoisotopic (exact) mass is 387 g/mol. The predicted octanol–water partition coefficient (Wildman–Crippen LogP) is 4.88. The van der Waals surface area contributed by atoms with E-state index in [1.807, 2.05) is 0 Å². The number of carbonyl (C=O) groups excluding carboxylic acids is 1. The van der Waals surface area contributed by atoms with Gasteiger partial charge in [0.25, 0.3) is 0 Å². The molecule has 0 amide bonds. The van der Waals surface area contributed by atoms with Crippen LogP contribution in [0.3, 0.4) is 0 Å². The van der Waals surface area contributed by atoms with Crippen molar-refractivity contribution < 1.29 is 22.7 Å². The third kappa shape index (κ3) is 4.06. The zero-order chi connectivity index (χ0) is 20.3. The molecule has 0 unspecified atom stereocenters. The minimum Gasteiger partial charge on any atom is -0.465 e. The highest BCUT2D eigenvalue weighted by molar-refractivity contribution is 5.91. The van der Waals surface area contributed by atoms with Gasteiger partial charge in [-0.1, -0.05) is 12.1 Å². The topological polar surface area (TPSA) is 77.2 Å². The van der Waals surface area contributed by atoms with E-state index in [2.05, 4.69) is 15.0 Å². The van der Waals surface area contributed by atoms with Crippen LogP contribution in [0.4, 0.5) is 30.4 Å². The molecule has 144 valence electrons. The highest BCUT2D eigenvalue weighted by Crippen LogP contribution is 2.42. The molecule has 0 aliphatic carbocycles. The van der Waals surface area contributed by atoms with Gasteiger partial charge in [-0.05, 0) is 48.0 Å². The molecule has 1 aromatic heterocycles. The Balaban J connectivity index is 2.13. The number of pyridine rings is 1. The fourth-order valence-corrected chi connectivity index (χ4v) is 2.80. The molecular formula is C20H16F3N3O2. The van der Waals surface area contributed by atoms with E-state index in [1.54, 1.807) is 18.2 Å². The zero-order valence-corrected chi connectivity index (χ0v) is 14.7. The number of aromatic nitrogens is 1.